The zero-order valence-corrected chi connectivity index (χ0v) is 14.9. The van der Waals surface area contributed by atoms with E-state index in [4.69, 9.17) is 23.9 Å². The van der Waals surface area contributed by atoms with E-state index in [2.05, 4.69) is 9.88 Å². The molecule has 7 heteroatoms. The van der Waals surface area contributed by atoms with Gasteiger partial charge in [0, 0.05) is 24.8 Å². The zero-order chi connectivity index (χ0) is 18.2. The quantitative estimate of drug-likeness (QED) is 0.554. The van der Waals surface area contributed by atoms with Crippen molar-refractivity contribution in [3.05, 3.63) is 42.6 Å². The van der Waals surface area contributed by atoms with Gasteiger partial charge in [0.15, 0.2) is 17.2 Å². The maximum atomic E-state index is 6.03. The number of hydrogen-bond donors (Lipinski definition) is 0. The van der Waals surface area contributed by atoms with Crippen LogP contribution in [0, 0.1) is 0 Å². The van der Waals surface area contributed by atoms with Crippen molar-refractivity contribution < 1.29 is 13.9 Å². The number of rotatable bonds is 3. The molecule has 4 aromatic rings. The summed E-state index contributed by atoms with van der Waals surface area (Å²) in [5.41, 5.74) is 2.90. The van der Waals surface area contributed by atoms with Crippen LogP contribution in [-0.4, -0.2) is 48.4 Å². The summed E-state index contributed by atoms with van der Waals surface area (Å²) in [6.07, 6.45) is 1.72. The first-order chi connectivity index (χ1) is 13.3. The number of furan rings is 1. The van der Waals surface area contributed by atoms with E-state index < -0.39 is 0 Å². The summed E-state index contributed by atoms with van der Waals surface area (Å²) in [6.45, 7) is 2.85. The third kappa shape index (κ3) is 2.76. The molecular formula is C20H18N4O3. The van der Waals surface area contributed by atoms with Crippen molar-refractivity contribution >= 4 is 28.0 Å². The minimum absolute atomic E-state index is 0.569. The maximum Gasteiger partial charge on any atom is 0.229 e. The van der Waals surface area contributed by atoms with Gasteiger partial charge in [-0.1, -0.05) is 12.1 Å². The third-order valence-corrected chi connectivity index (χ3v) is 4.71. The molecule has 4 heterocycles. The Morgan fingerprint density at radius 2 is 1.96 bits per heavy atom. The molecule has 1 saturated heterocycles. The number of pyridine rings is 1. The second-order valence-corrected chi connectivity index (χ2v) is 6.34. The Bertz CT molecular complexity index is 1120. The molecule has 1 aliphatic heterocycles. The van der Waals surface area contributed by atoms with Crippen LogP contribution in [0.25, 0.3) is 33.6 Å². The van der Waals surface area contributed by atoms with Gasteiger partial charge in [0.1, 0.15) is 11.3 Å². The summed E-state index contributed by atoms with van der Waals surface area (Å²) in [4.78, 5) is 16.2. The number of methoxy groups -OCH3 is 1. The molecule has 0 bridgehead atoms. The summed E-state index contributed by atoms with van der Waals surface area (Å²) in [6, 6.07) is 11.6. The van der Waals surface area contributed by atoms with Gasteiger partial charge < -0.3 is 18.8 Å². The van der Waals surface area contributed by atoms with Crippen LogP contribution in [0.4, 0.5) is 5.82 Å². The van der Waals surface area contributed by atoms with E-state index in [0.717, 1.165) is 41.1 Å². The van der Waals surface area contributed by atoms with Gasteiger partial charge in [-0.3, -0.25) is 0 Å². The summed E-state index contributed by atoms with van der Waals surface area (Å²) < 4.78 is 16.9. The lowest BCUT2D eigenvalue weighted by Gasteiger charge is -2.27. The van der Waals surface area contributed by atoms with Gasteiger partial charge in [-0.05, 0) is 24.3 Å². The highest BCUT2D eigenvalue weighted by molar-refractivity contribution is 6.05. The fourth-order valence-corrected chi connectivity index (χ4v) is 3.34. The molecule has 0 radical (unpaired) electrons. The Kier molecular flexibility index (Phi) is 3.86. The number of anilines is 1. The Morgan fingerprint density at radius 3 is 2.81 bits per heavy atom. The largest absolute Gasteiger partial charge is 0.497 e. The monoisotopic (exact) mass is 362 g/mol. The zero-order valence-electron chi connectivity index (χ0n) is 14.9. The number of nitrogens with zero attached hydrogens (tertiary/aromatic N) is 4. The first-order valence-electron chi connectivity index (χ1n) is 8.86. The molecule has 0 atom stereocenters. The smallest absolute Gasteiger partial charge is 0.229 e. The average Bonchev–Trinajstić information content (AvgIpc) is 3.12. The van der Waals surface area contributed by atoms with Crippen LogP contribution in [0.3, 0.4) is 0 Å². The Balaban J connectivity index is 1.77. The number of aromatic nitrogens is 3. The predicted molar refractivity (Wildman–Crippen MR) is 102 cm³/mol. The number of hydrogen-bond acceptors (Lipinski definition) is 7. The van der Waals surface area contributed by atoms with Gasteiger partial charge in [0.05, 0.1) is 25.7 Å². The Labute approximate surface area is 155 Å². The van der Waals surface area contributed by atoms with Gasteiger partial charge in [-0.15, -0.1) is 0 Å². The van der Waals surface area contributed by atoms with Crippen molar-refractivity contribution in [3.8, 4) is 17.1 Å². The summed E-state index contributed by atoms with van der Waals surface area (Å²) in [5, 5.41) is 0.883. The fourth-order valence-electron chi connectivity index (χ4n) is 3.34. The van der Waals surface area contributed by atoms with Gasteiger partial charge in [-0.25, -0.2) is 15.0 Å². The highest BCUT2D eigenvalue weighted by atomic mass is 16.5. The topological polar surface area (TPSA) is 73.5 Å². The lowest BCUT2D eigenvalue weighted by molar-refractivity contribution is 0.122. The lowest BCUT2D eigenvalue weighted by atomic mass is 10.2. The minimum atomic E-state index is 0.569. The van der Waals surface area contributed by atoms with Crippen LogP contribution in [-0.2, 0) is 4.74 Å². The SMILES string of the molecule is COc1cccc(-c2nc(N3CCOCC3)c3oc4ncccc4c3n2)c1. The van der Waals surface area contributed by atoms with Gasteiger partial charge in [0.2, 0.25) is 5.71 Å². The third-order valence-electron chi connectivity index (χ3n) is 4.71. The molecule has 0 unspecified atom stereocenters. The van der Waals surface area contributed by atoms with Crippen molar-refractivity contribution in [1.82, 2.24) is 15.0 Å². The molecule has 1 aliphatic rings. The molecular weight excluding hydrogens is 344 g/mol. The molecule has 0 saturated carbocycles. The van der Waals surface area contributed by atoms with E-state index in [1.807, 2.05) is 36.4 Å². The second-order valence-electron chi connectivity index (χ2n) is 6.34. The van der Waals surface area contributed by atoms with E-state index in [-0.39, 0.29) is 0 Å². The van der Waals surface area contributed by atoms with Crippen LogP contribution < -0.4 is 9.64 Å². The highest BCUT2D eigenvalue weighted by Crippen LogP contribution is 2.34. The number of benzene rings is 1. The average molecular weight is 362 g/mol. The van der Waals surface area contributed by atoms with Crippen molar-refractivity contribution in [2.75, 3.05) is 38.3 Å². The second kappa shape index (κ2) is 6.51. The van der Waals surface area contributed by atoms with E-state index in [1.54, 1.807) is 13.3 Å². The molecule has 3 aromatic heterocycles. The molecule has 0 spiro atoms. The van der Waals surface area contributed by atoms with Crippen molar-refractivity contribution in [3.63, 3.8) is 0 Å². The van der Waals surface area contributed by atoms with Crippen molar-refractivity contribution in [2.24, 2.45) is 0 Å². The van der Waals surface area contributed by atoms with Crippen LogP contribution in [0.5, 0.6) is 5.75 Å². The standard InChI is InChI=1S/C20H18N4O3/c1-25-14-5-2-4-13(12-14)18-22-16-15-6-3-7-21-20(15)27-17(16)19(23-18)24-8-10-26-11-9-24/h2-7,12H,8-11H2,1H3. The van der Waals surface area contributed by atoms with Crippen molar-refractivity contribution in [2.45, 2.75) is 0 Å². The fraction of sp³-hybridized carbons (Fsp3) is 0.250. The van der Waals surface area contributed by atoms with E-state index in [9.17, 15) is 0 Å². The van der Waals surface area contributed by atoms with Crippen LogP contribution in [0.2, 0.25) is 0 Å². The minimum Gasteiger partial charge on any atom is -0.497 e. The van der Waals surface area contributed by atoms with Gasteiger partial charge in [-0.2, -0.15) is 0 Å². The molecule has 1 fully saturated rings. The molecule has 0 amide bonds. The normalized spacial score (nSPS) is 14.8. The Morgan fingerprint density at radius 1 is 1.07 bits per heavy atom. The van der Waals surface area contributed by atoms with Crippen LogP contribution in [0.1, 0.15) is 0 Å². The molecule has 0 N–H and O–H groups in total. The number of ether oxygens (including phenoxy) is 2. The summed E-state index contributed by atoms with van der Waals surface area (Å²) >= 11 is 0. The Hall–Kier alpha value is -3.19. The van der Waals surface area contributed by atoms with E-state index >= 15 is 0 Å². The summed E-state index contributed by atoms with van der Waals surface area (Å²) in [7, 11) is 1.65. The molecule has 0 aliphatic carbocycles. The predicted octanol–water partition coefficient (Wildman–Crippen LogP) is 3.28. The summed E-state index contributed by atoms with van der Waals surface area (Å²) in [5.74, 6) is 2.18. The molecule has 5 rings (SSSR count). The maximum absolute atomic E-state index is 6.03. The number of morpholine rings is 1. The molecule has 136 valence electrons. The first kappa shape index (κ1) is 16.0. The first-order valence-corrected chi connectivity index (χ1v) is 8.86. The molecule has 27 heavy (non-hydrogen) atoms. The lowest BCUT2D eigenvalue weighted by Crippen LogP contribution is -2.37. The molecule has 7 nitrogen and oxygen atoms in total. The number of fused-ring (bicyclic) bond motifs is 3. The van der Waals surface area contributed by atoms with Gasteiger partial charge in [0.25, 0.3) is 0 Å². The van der Waals surface area contributed by atoms with Gasteiger partial charge >= 0.3 is 0 Å². The van der Waals surface area contributed by atoms with Crippen molar-refractivity contribution in [1.29, 1.82) is 0 Å². The van der Waals surface area contributed by atoms with Crippen LogP contribution in [0.15, 0.2) is 47.0 Å². The van der Waals surface area contributed by atoms with E-state index in [0.29, 0.717) is 30.3 Å². The molecule has 1 aromatic carbocycles. The highest BCUT2D eigenvalue weighted by Gasteiger charge is 2.22. The van der Waals surface area contributed by atoms with E-state index in [1.165, 1.54) is 0 Å². The van der Waals surface area contributed by atoms with Crippen LogP contribution >= 0.6 is 0 Å².